The smallest absolute Gasteiger partial charge is 0.262 e. The zero-order valence-corrected chi connectivity index (χ0v) is 15.1. The topological polar surface area (TPSA) is 75.7 Å². The molecule has 0 fully saturated rings. The Kier molecular flexibility index (Phi) is 5.85. The number of amides is 3. The third-order valence-electron chi connectivity index (χ3n) is 3.87. The van der Waals surface area contributed by atoms with Crippen molar-refractivity contribution in [1.29, 1.82) is 0 Å². The van der Waals surface area contributed by atoms with Gasteiger partial charge in [-0.3, -0.25) is 19.3 Å². The van der Waals surface area contributed by atoms with Gasteiger partial charge in [0.1, 0.15) is 6.04 Å². The molecule has 1 aliphatic heterocycles. The average Bonchev–Trinajstić information content (AvgIpc) is 2.76. The molecule has 0 aliphatic carbocycles. The molecule has 0 radical (unpaired) electrons. The van der Waals surface area contributed by atoms with Crippen LogP contribution in [-0.4, -0.2) is 48.4 Å². The molecular weight excluding hydrogens is 355 g/mol. The quantitative estimate of drug-likeness (QED) is 0.778. The molecule has 1 heterocycles. The number of nitrogens with zero attached hydrogens (tertiary/aromatic N) is 1. The van der Waals surface area contributed by atoms with Gasteiger partial charge in [0.2, 0.25) is 5.91 Å². The lowest BCUT2D eigenvalue weighted by Gasteiger charge is -2.23. The number of benzene rings is 1. The van der Waals surface area contributed by atoms with E-state index in [4.69, 9.17) is 27.9 Å². The largest absolute Gasteiger partial charge is 0.385 e. The molecule has 24 heavy (non-hydrogen) atoms. The van der Waals surface area contributed by atoms with Gasteiger partial charge in [-0.1, -0.05) is 23.2 Å². The highest BCUT2D eigenvalue weighted by Gasteiger charge is 2.41. The predicted octanol–water partition coefficient (Wildman–Crippen LogP) is 2.52. The lowest BCUT2D eigenvalue weighted by Crippen LogP contribution is -2.49. The van der Waals surface area contributed by atoms with Gasteiger partial charge in [0.15, 0.2) is 0 Å². The average molecular weight is 373 g/mol. The van der Waals surface area contributed by atoms with Crippen LogP contribution < -0.4 is 5.32 Å². The lowest BCUT2D eigenvalue weighted by molar-refractivity contribution is -0.125. The van der Waals surface area contributed by atoms with E-state index in [-0.39, 0.29) is 27.2 Å². The summed E-state index contributed by atoms with van der Waals surface area (Å²) in [7, 11) is 1.58. The van der Waals surface area contributed by atoms with Crippen molar-refractivity contribution in [3.63, 3.8) is 0 Å². The third kappa shape index (κ3) is 3.55. The summed E-state index contributed by atoms with van der Waals surface area (Å²) in [5.74, 6) is -1.52. The van der Waals surface area contributed by atoms with E-state index in [1.165, 1.54) is 19.1 Å². The van der Waals surface area contributed by atoms with Gasteiger partial charge in [-0.25, -0.2) is 0 Å². The molecule has 1 N–H and O–H groups in total. The normalized spacial score (nSPS) is 16.1. The van der Waals surface area contributed by atoms with Gasteiger partial charge < -0.3 is 10.1 Å². The minimum absolute atomic E-state index is 0.140. The number of fused-ring (bicyclic) bond motifs is 1. The van der Waals surface area contributed by atoms with Gasteiger partial charge in [0, 0.05) is 19.8 Å². The number of imide groups is 1. The van der Waals surface area contributed by atoms with Crippen LogP contribution in [0.1, 0.15) is 41.0 Å². The summed E-state index contributed by atoms with van der Waals surface area (Å²) in [6.07, 6.45) is 0.627. The van der Waals surface area contributed by atoms with E-state index in [0.29, 0.717) is 13.0 Å². The van der Waals surface area contributed by atoms with E-state index in [1.807, 2.05) is 6.92 Å². The van der Waals surface area contributed by atoms with Crippen molar-refractivity contribution < 1.29 is 19.1 Å². The second-order valence-electron chi connectivity index (χ2n) is 5.66. The second-order valence-corrected chi connectivity index (χ2v) is 6.47. The Hall–Kier alpha value is -1.63. The highest BCUT2D eigenvalue weighted by Crippen LogP contribution is 2.32. The molecule has 1 aromatic carbocycles. The van der Waals surface area contributed by atoms with Crippen LogP contribution in [0.15, 0.2) is 12.1 Å². The maximum absolute atomic E-state index is 12.5. The molecule has 0 bridgehead atoms. The standard InChI is InChI=1S/C16H18Cl2N2O4/c1-8(4-5-24-3)19-14(21)9(2)20-15(22)10-6-12(17)13(18)7-11(10)16(20)23/h6-9H,4-5H2,1-3H3,(H,19,21)/t8-,9-/m1/s1. The van der Waals surface area contributed by atoms with Gasteiger partial charge >= 0.3 is 0 Å². The Balaban J connectivity index is 2.16. The molecule has 0 spiro atoms. The summed E-state index contributed by atoms with van der Waals surface area (Å²) in [4.78, 5) is 38.2. The predicted molar refractivity (Wildman–Crippen MR) is 90.5 cm³/mol. The monoisotopic (exact) mass is 372 g/mol. The number of carbonyl (C=O) groups excluding carboxylic acids is 3. The van der Waals surface area contributed by atoms with Crippen molar-refractivity contribution in [3.05, 3.63) is 33.3 Å². The molecule has 0 unspecified atom stereocenters. The number of hydrogen-bond acceptors (Lipinski definition) is 4. The van der Waals surface area contributed by atoms with E-state index < -0.39 is 23.8 Å². The van der Waals surface area contributed by atoms with Crippen LogP contribution in [0.25, 0.3) is 0 Å². The molecule has 3 amide bonds. The number of hydrogen-bond donors (Lipinski definition) is 1. The van der Waals surface area contributed by atoms with Crippen LogP contribution in [0, 0.1) is 0 Å². The molecular formula is C16H18Cl2N2O4. The fourth-order valence-electron chi connectivity index (χ4n) is 2.45. The van der Waals surface area contributed by atoms with Crippen molar-refractivity contribution in [2.24, 2.45) is 0 Å². The molecule has 130 valence electrons. The van der Waals surface area contributed by atoms with Gasteiger partial charge in [0.25, 0.3) is 11.8 Å². The van der Waals surface area contributed by atoms with Crippen molar-refractivity contribution >= 4 is 40.9 Å². The van der Waals surface area contributed by atoms with Crippen molar-refractivity contribution in [3.8, 4) is 0 Å². The first-order valence-corrected chi connectivity index (χ1v) is 8.19. The maximum atomic E-state index is 12.5. The van der Waals surface area contributed by atoms with Crippen LogP contribution >= 0.6 is 23.2 Å². The molecule has 2 atom stereocenters. The van der Waals surface area contributed by atoms with E-state index >= 15 is 0 Å². The van der Waals surface area contributed by atoms with Crippen LogP contribution in [0.4, 0.5) is 0 Å². The van der Waals surface area contributed by atoms with E-state index in [9.17, 15) is 14.4 Å². The van der Waals surface area contributed by atoms with E-state index in [2.05, 4.69) is 5.32 Å². The Morgan fingerprint density at radius 1 is 1.17 bits per heavy atom. The highest BCUT2D eigenvalue weighted by atomic mass is 35.5. The Morgan fingerprint density at radius 3 is 2.12 bits per heavy atom. The first-order chi connectivity index (χ1) is 11.3. The van der Waals surface area contributed by atoms with Gasteiger partial charge in [-0.05, 0) is 32.4 Å². The molecule has 1 aliphatic rings. The Bertz CT molecular complexity index is 652. The summed E-state index contributed by atoms with van der Waals surface area (Å²) < 4.78 is 4.96. The van der Waals surface area contributed by atoms with E-state index in [1.54, 1.807) is 7.11 Å². The minimum atomic E-state index is -0.944. The molecule has 0 aromatic heterocycles. The zero-order chi connectivity index (χ0) is 18.0. The van der Waals surface area contributed by atoms with Crippen LogP contribution in [0.3, 0.4) is 0 Å². The third-order valence-corrected chi connectivity index (χ3v) is 4.59. The molecule has 6 nitrogen and oxygen atoms in total. The number of methoxy groups -OCH3 is 1. The van der Waals surface area contributed by atoms with Crippen LogP contribution in [-0.2, 0) is 9.53 Å². The van der Waals surface area contributed by atoms with Gasteiger partial charge in [-0.15, -0.1) is 0 Å². The minimum Gasteiger partial charge on any atom is -0.385 e. The first kappa shape index (κ1) is 18.7. The number of halogens is 2. The number of carbonyl (C=O) groups is 3. The maximum Gasteiger partial charge on any atom is 0.262 e. The SMILES string of the molecule is COCC[C@@H](C)NC(=O)[C@@H](C)N1C(=O)c2cc(Cl)c(Cl)cc2C1=O. The molecule has 2 rings (SSSR count). The van der Waals surface area contributed by atoms with Crippen molar-refractivity contribution in [1.82, 2.24) is 10.2 Å². The van der Waals surface area contributed by atoms with Gasteiger partial charge in [-0.2, -0.15) is 0 Å². The molecule has 0 saturated carbocycles. The van der Waals surface area contributed by atoms with E-state index in [0.717, 1.165) is 4.90 Å². The van der Waals surface area contributed by atoms with Crippen LogP contribution in [0.2, 0.25) is 10.0 Å². The van der Waals surface area contributed by atoms with Crippen molar-refractivity contribution in [2.45, 2.75) is 32.4 Å². The Labute approximate surface area is 150 Å². The molecule has 1 aromatic rings. The fraction of sp³-hybridized carbons (Fsp3) is 0.438. The summed E-state index contributed by atoms with van der Waals surface area (Å²) in [5, 5.41) is 3.13. The van der Waals surface area contributed by atoms with Crippen LogP contribution in [0.5, 0.6) is 0 Å². The van der Waals surface area contributed by atoms with Crippen molar-refractivity contribution in [2.75, 3.05) is 13.7 Å². The van der Waals surface area contributed by atoms with Gasteiger partial charge in [0.05, 0.1) is 21.2 Å². The Morgan fingerprint density at radius 2 is 1.67 bits per heavy atom. The summed E-state index contributed by atoms with van der Waals surface area (Å²) >= 11 is 11.8. The second kappa shape index (κ2) is 7.51. The number of ether oxygens (including phenoxy) is 1. The zero-order valence-electron chi connectivity index (χ0n) is 13.6. The first-order valence-electron chi connectivity index (χ1n) is 7.44. The summed E-state index contributed by atoms with van der Waals surface area (Å²) in [6.45, 7) is 3.83. The molecule has 8 heteroatoms. The highest BCUT2D eigenvalue weighted by molar-refractivity contribution is 6.43. The number of rotatable bonds is 6. The number of nitrogens with one attached hydrogen (secondary N) is 1. The summed E-state index contributed by atoms with van der Waals surface area (Å²) in [6, 6.07) is 1.62. The molecule has 0 saturated heterocycles. The fourth-order valence-corrected chi connectivity index (χ4v) is 2.78. The summed E-state index contributed by atoms with van der Waals surface area (Å²) in [5.41, 5.74) is 0.308. The lowest BCUT2D eigenvalue weighted by atomic mass is 10.1.